The summed E-state index contributed by atoms with van der Waals surface area (Å²) in [5, 5.41) is 10.7. The molecule has 0 spiro atoms. The molecule has 20 heavy (non-hydrogen) atoms. The molecule has 0 aliphatic heterocycles. The summed E-state index contributed by atoms with van der Waals surface area (Å²) >= 11 is 6.00. The Morgan fingerprint density at radius 2 is 2.00 bits per heavy atom. The summed E-state index contributed by atoms with van der Waals surface area (Å²) in [6.07, 6.45) is 2.26. The SMILES string of the molecule is OC(Cc1ccc(F)cc1Cl)c1cccc(C2CC2)c1. The molecule has 0 saturated heterocycles. The molecule has 0 aromatic heterocycles. The van der Waals surface area contributed by atoms with Gasteiger partial charge in [-0.25, -0.2) is 4.39 Å². The molecule has 1 atom stereocenters. The molecule has 1 unspecified atom stereocenters. The average molecular weight is 291 g/mol. The number of aliphatic hydroxyl groups is 1. The lowest BCUT2D eigenvalue weighted by Crippen LogP contribution is -2.03. The summed E-state index contributed by atoms with van der Waals surface area (Å²) < 4.78 is 13.0. The van der Waals surface area contributed by atoms with E-state index in [4.69, 9.17) is 11.6 Å². The van der Waals surface area contributed by atoms with E-state index >= 15 is 0 Å². The van der Waals surface area contributed by atoms with Gasteiger partial charge in [-0.1, -0.05) is 41.9 Å². The molecule has 3 heteroatoms. The van der Waals surface area contributed by atoms with Crippen LogP contribution in [0.4, 0.5) is 4.39 Å². The Balaban J connectivity index is 1.78. The first-order chi connectivity index (χ1) is 9.63. The third-order valence-electron chi connectivity index (χ3n) is 3.77. The van der Waals surface area contributed by atoms with Crippen molar-refractivity contribution in [1.29, 1.82) is 0 Å². The fourth-order valence-electron chi connectivity index (χ4n) is 2.45. The van der Waals surface area contributed by atoms with Crippen molar-refractivity contribution in [2.24, 2.45) is 0 Å². The van der Waals surface area contributed by atoms with E-state index in [1.165, 1.54) is 30.5 Å². The number of rotatable bonds is 4. The van der Waals surface area contributed by atoms with E-state index in [9.17, 15) is 9.50 Å². The minimum Gasteiger partial charge on any atom is -0.388 e. The van der Waals surface area contributed by atoms with Crippen molar-refractivity contribution in [3.8, 4) is 0 Å². The van der Waals surface area contributed by atoms with E-state index in [1.807, 2.05) is 12.1 Å². The molecule has 1 N–H and O–H groups in total. The molecule has 1 saturated carbocycles. The van der Waals surface area contributed by atoms with Crippen LogP contribution in [-0.2, 0) is 6.42 Å². The summed E-state index contributed by atoms with van der Waals surface area (Å²) in [6.45, 7) is 0. The highest BCUT2D eigenvalue weighted by Gasteiger charge is 2.24. The van der Waals surface area contributed by atoms with Gasteiger partial charge in [0.15, 0.2) is 0 Å². The predicted octanol–water partition coefficient (Wildman–Crippen LogP) is 4.63. The summed E-state index contributed by atoms with van der Waals surface area (Å²) in [4.78, 5) is 0. The van der Waals surface area contributed by atoms with Crippen molar-refractivity contribution >= 4 is 11.6 Å². The zero-order valence-electron chi connectivity index (χ0n) is 11.0. The van der Waals surface area contributed by atoms with Crippen LogP contribution in [0.15, 0.2) is 42.5 Å². The third kappa shape index (κ3) is 3.02. The van der Waals surface area contributed by atoms with Crippen molar-refractivity contribution < 1.29 is 9.50 Å². The topological polar surface area (TPSA) is 20.2 Å². The number of halogens is 2. The molecule has 1 aliphatic carbocycles. The van der Waals surface area contributed by atoms with E-state index in [1.54, 1.807) is 6.07 Å². The van der Waals surface area contributed by atoms with Crippen LogP contribution in [0.2, 0.25) is 5.02 Å². The van der Waals surface area contributed by atoms with Crippen LogP contribution in [0.5, 0.6) is 0 Å². The maximum Gasteiger partial charge on any atom is 0.124 e. The van der Waals surface area contributed by atoms with Gasteiger partial charge in [-0.15, -0.1) is 0 Å². The zero-order chi connectivity index (χ0) is 14.1. The smallest absolute Gasteiger partial charge is 0.124 e. The van der Waals surface area contributed by atoms with Gasteiger partial charge in [0.1, 0.15) is 5.82 Å². The van der Waals surface area contributed by atoms with Gasteiger partial charge >= 0.3 is 0 Å². The lowest BCUT2D eigenvalue weighted by atomic mass is 9.98. The Morgan fingerprint density at radius 1 is 1.20 bits per heavy atom. The Morgan fingerprint density at radius 3 is 2.70 bits per heavy atom. The third-order valence-corrected chi connectivity index (χ3v) is 4.12. The molecule has 0 radical (unpaired) electrons. The molecule has 1 aliphatic rings. The molecule has 1 nitrogen and oxygen atoms in total. The van der Waals surface area contributed by atoms with Gasteiger partial charge < -0.3 is 5.11 Å². The van der Waals surface area contributed by atoms with Gasteiger partial charge in [-0.2, -0.15) is 0 Å². The minimum absolute atomic E-state index is 0.357. The quantitative estimate of drug-likeness (QED) is 0.870. The van der Waals surface area contributed by atoms with E-state index < -0.39 is 6.10 Å². The Hall–Kier alpha value is -1.38. The van der Waals surface area contributed by atoms with Gasteiger partial charge in [0.2, 0.25) is 0 Å². The first-order valence-corrected chi connectivity index (χ1v) is 7.23. The summed E-state index contributed by atoms with van der Waals surface area (Å²) in [6, 6.07) is 12.4. The fraction of sp³-hybridized carbons (Fsp3) is 0.294. The first-order valence-electron chi connectivity index (χ1n) is 6.85. The largest absolute Gasteiger partial charge is 0.388 e. The van der Waals surface area contributed by atoms with Gasteiger partial charge in [-0.3, -0.25) is 0 Å². The molecule has 1 fully saturated rings. The lowest BCUT2D eigenvalue weighted by molar-refractivity contribution is 0.178. The Bertz CT molecular complexity index is 622. The minimum atomic E-state index is -0.614. The van der Waals surface area contributed by atoms with Gasteiger partial charge in [0, 0.05) is 11.4 Å². The van der Waals surface area contributed by atoms with Crippen LogP contribution < -0.4 is 0 Å². The normalized spacial score (nSPS) is 16.1. The second-order valence-electron chi connectivity index (χ2n) is 5.40. The van der Waals surface area contributed by atoms with Crippen molar-refractivity contribution in [3.63, 3.8) is 0 Å². The number of benzene rings is 2. The molecule has 104 valence electrons. The van der Waals surface area contributed by atoms with Crippen molar-refractivity contribution in [2.45, 2.75) is 31.3 Å². The van der Waals surface area contributed by atoms with E-state index in [0.717, 1.165) is 11.1 Å². The second-order valence-corrected chi connectivity index (χ2v) is 5.81. The van der Waals surface area contributed by atoms with Gasteiger partial charge in [-0.05, 0) is 47.6 Å². The van der Waals surface area contributed by atoms with Crippen LogP contribution in [0.3, 0.4) is 0 Å². The monoisotopic (exact) mass is 290 g/mol. The Labute approximate surface area is 123 Å². The fourth-order valence-corrected chi connectivity index (χ4v) is 2.69. The maximum absolute atomic E-state index is 13.0. The van der Waals surface area contributed by atoms with Crippen LogP contribution in [0, 0.1) is 5.82 Å². The number of hydrogen-bond acceptors (Lipinski definition) is 1. The summed E-state index contributed by atoms with van der Waals surface area (Å²) in [7, 11) is 0. The molecule has 0 heterocycles. The molecule has 0 amide bonds. The van der Waals surface area contributed by atoms with Crippen LogP contribution in [-0.4, -0.2) is 5.11 Å². The summed E-state index contributed by atoms with van der Waals surface area (Å²) in [5.41, 5.74) is 2.96. The average Bonchev–Trinajstić information content (AvgIpc) is 3.26. The highest BCUT2D eigenvalue weighted by atomic mass is 35.5. The standard InChI is InChI=1S/C17H16ClFO/c18-16-10-15(19)7-6-13(16)9-17(20)14-3-1-2-12(8-14)11-4-5-11/h1-3,6-8,10-11,17,20H,4-5,9H2. The molecular formula is C17H16ClFO. The van der Waals surface area contributed by atoms with Crippen molar-refractivity contribution in [1.82, 2.24) is 0 Å². The number of aliphatic hydroxyl groups excluding tert-OH is 1. The van der Waals surface area contributed by atoms with Crippen molar-refractivity contribution in [2.75, 3.05) is 0 Å². The number of hydrogen-bond donors (Lipinski definition) is 1. The maximum atomic E-state index is 13.0. The Kier molecular flexibility index (Phi) is 3.77. The molecule has 2 aromatic carbocycles. The van der Waals surface area contributed by atoms with Crippen LogP contribution in [0.25, 0.3) is 0 Å². The van der Waals surface area contributed by atoms with Gasteiger partial charge in [0.25, 0.3) is 0 Å². The highest BCUT2D eigenvalue weighted by Crippen LogP contribution is 2.40. The molecular weight excluding hydrogens is 275 g/mol. The predicted molar refractivity (Wildman–Crippen MR) is 78.5 cm³/mol. The summed E-state index contributed by atoms with van der Waals surface area (Å²) in [5.74, 6) is 0.306. The molecule has 3 rings (SSSR count). The second kappa shape index (κ2) is 5.55. The zero-order valence-corrected chi connectivity index (χ0v) is 11.8. The molecule has 2 aromatic rings. The molecule has 0 bridgehead atoms. The highest BCUT2D eigenvalue weighted by molar-refractivity contribution is 6.31. The van der Waals surface area contributed by atoms with Crippen molar-refractivity contribution in [3.05, 3.63) is 70.0 Å². The lowest BCUT2D eigenvalue weighted by Gasteiger charge is -2.13. The van der Waals surface area contributed by atoms with Crippen LogP contribution in [0.1, 0.15) is 41.6 Å². The van der Waals surface area contributed by atoms with E-state index in [2.05, 4.69) is 12.1 Å². The first kappa shape index (κ1) is 13.6. The van der Waals surface area contributed by atoms with Gasteiger partial charge in [0.05, 0.1) is 6.10 Å². The van der Waals surface area contributed by atoms with E-state index in [0.29, 0.717) is 17.4 Å². The van der Waals surface area contributed by atoms with Crippen LogP contribution >= 0.6 is 11.6 Å². The van der Waals surface area contributed by atoms with E-state index in [-0.39, 0.29) is 5.82 Å².